The quantitative estimate of drug-likeness (QED) is 0.111. The predicted molar refractivity (Wildman–Crippen MR) is 198 cm³/mol. The molecule has 45 heavy (non-hydrogen) atoms. The van der Waals surface area contributed by atoms with E-state index in [0.717, 1.165) is 60.0 Å². The lowest BCUT2D eigenvalue weighted by Crippen LogP contribution is -2.51. The molecule has 0 saturated heterocycles. The molecule has 0 bridgehead atoms. The highest BCUT2D eigenvalue weighted by molar-refractivity contribution is 6.76. The smallest absolute Gasteiger partial charge is 0.397 e. The van der Waals surface area contributed by atoms with E-state index in [0.29, 0.717) is 5.79 Å². The first-order valence-electron chi connectivity index (χ1n) is 15.8. The van der Waals surface area contributed by atoms with Gasteiger partial charge in [0.1, 0.15) is 0 Å². The van der Waals surface area contributed by atoms with E-state index in [9.17, 15) is 0 Å². The van der Waals surface area contributed by atoms with Crippen molar-refractivity contribution in [3.63, 3.8) is 0 Å². The largest absolute Gasteiger partial charge is 0.507 e. The number of hydrogen-bond acceptors (Lipinski definition) is 9. The summed E-state index contributed by atoms with van der Waals surface area (Å²) in [6.07, 6.45) is 3.22. The van der Waals surface area contributed by atoms with Crippen LogP contribution in [-0.4, -0.2) is 147 Å². The number of nitrogens with zero attached hydrogens (tertiary/aromatic N) is 2. The molecular weight excluding hydrogens is 669 g/mol. The Balaban J connectivity index is 3.32. The van der Waals surface area contributed by atoms with Crippen molar-refractivity contribution in [3.8, 4) is 0 Å². The summed E-state index contributed by atoms with van der Waals surface area (Å²) in [7, 11) is 10.9. The fraction of sp³-hybridized carbons (Fsp3) is 0.800. The maximum atomic E-state index is 5.97. The Bertz CT molecular complexity index is 908. The lowest BCUT2D eigenvalue weighted by atomic mass is 10.1. The van der Waals surface area contributed by atoms with Gasteiger partial charge < -0.3 is 31.0 Å². The average Bonchev–Trinajstić information content (AvgIpc) is 3.03. The second-order valence-corrected chi connectivity index (χ2v) is 25.7. The zero-order valence-electron chi connectivity index (χ0n) is 30.7. The van der Waals surface area contributed by atoms with Crippen LogP contribution in [0.15, 0.2) is 12.1 Å². The van der Waals surface area contributed by atoms with Crippen molar-refractivity contribution < 1.29 is 31.0 Å². The van der Waals surface area contributed by atoms with Crippen LogP contribution in [0.1, 0.15) is 36.4 Å². The SMILES string of the molecule is CO[Si](CCCN(C)C([Si]CCc1c([Si](C)C)ccc(C(C)[Si](OC)(OC)OC)c1[Si](C)C)N(C)CCC[Si](OC)OC)OC. The Morgan fingerprint density at radius 3 is 1.58 bits per heavy atom. The van der Waals surface area contributed by atoms with Crippen molar-refractivity contribution >= 4 is 64.9 Å². The van der Waals surface area contributed by atoms with E-state index in [1.165, 1.54) is 5.56 Å². The fourth-order valence-electron chi connectivity index (χ4n) is 6.06. The third kappa shape index (κ3) is 12.8. The molecular formula is C30H62N2O7Si6. The number of rotatable bonds is 25. The second-order valence-electron chi connectivity index (χ2n) is 11.8. The minimum absolute atomic E-state index is 0.0632. The standard InChI is InChI=1S/C30H62N2O7Si6/c1-25(45(37-8,38-9)39-10)26-17-18-28(41(11)12)27(29(26)42(13)14)19-22-40-30(31(2)20-15-23-43(33-4)34-5)32(3)21-16-24-44(35-6)36-7/h17-18,25,30H,15-16,19-24H2,1-14H3. The molecule has 1 aromatic carbocycles. The molecule has 0 aromatic heterocycles. The van der Waals surface area contributed by atoms with Crippen LogP contribution in [0.3, 0.4) is 0 Å². The Hall–Kier alpha value is 0.161. The van der Waals surface area contributed by atoms with E-state index in [1.807, 2.05) is 0 Å². The van der Waals surface area contributed by atoms with E-state index in [2.05, 4.69) is 69.1 Å². The van der Waals surface area contributed by atoms with Gasteiger partial charge in [-0.25, -0.2) is 0 Å². The summed E-state index contributed by atoms with van der Waals surface area (Å²) < 4.78 is 40.1. The fourth-order valence-corrected chi connectivity index (χ4v) is 15.1. The van der Waals surface area contributed by atoms with Crippen LogP contribution in [0.5, 0.6) is 0 Å². The zero-order chi connectivity index (χ0) is 34.2. The number of hydrogen-bond donors (Lipinski definition) is 0. The van der Waals surface area contributed by atoms with Gasteiger partial charge in [-0.05, 0) is 64.1 Å². The van der Waals surface area contributed by atoms with Crippen molar-refractivity contribution in [2.24, 2.45) is 0 Å². The van der Waals surface area contributed by atoms with Gasteiger partial charge in [0, 0.05) is 55.6 Å². The normalized spacial score (nSPS) is 13.6. The van der Waals surface area contributed by atoms with Crippen LogP contribution >= 0.6 is 0 Å². The van der Waals surface area contributed by atoms with Crippen molar-refractivity contribution in [1.29, 1.82) is 0 Å². The van der Waals surface area contributed by atoms with Gasteiger partial charge in [-0.15, -0.1) is 0 Å². The van der Waals surface area contributed by atoms with Gasteiger partial charge >= 0.3 is 27.4 Å². The van der Waals surface area contributed by atoms with E-state index in [1.54, 1.807) is 65.7 Å². The third-order valence-electron chi connectivity index (χ3n) is 8.47. The van der Waals surface area contributed by atoms with Crippen molar-refractivity contribution in [2.75, 3.05) is 77.0 Å². The summed E-state index contributed by atoms with van der Waals surface area (Å²) in [5.74, 6) is 0.372. The highest BCUT2D eigenvalue weighted by Crippen LogP contribution is 2.28. The molecule has 0 N–H and O–H groups in total. The molecule has 0 saturated carbocycles. The van der Waals surface area contributed by atoms with Crippen LogP contribution in [0.25, 0.3) is 0 Å². The van der Waals surface area contributed by atoms with Gasteiger partial charge in [-0.2, -0.15) is 0 Å². The van der Waals surface area contributed by atoms with Crippen LogP contribution in [0.2, 0.25) is 44.3 Å². The highest BCUT2D eigenvalue weighted by Gasteiger charge is 2.46. The Labute approximate surface area is 286 Å². The average molecular weight is 731 g/mol. The molecule has 0 fully saturated rings. The van der Waals surface area contributed by atoms with Crippen LogP contribution < -0.4 is 10.4 Å². The van der Waals surface area contributed by atoms with Crippen molar-refractivity contribution in [1.82, 2.24) is 9.80 Å². The topological polar surface area (TPSA) is 71.1 Å². The Morgan fingerprint density at radius 2 is 1.20 bits per heavy atom. The molecule has 0 aliphatic heterocycles. The van der Waals surface area contributed by atoms with Crippen molar-refractivity contribution in [2.45, 2.75) is 81.8 Å². The first kappa shape index (κ1) is 43.2. The molecule has 1 unspecified atom stereocenters. The summed E-state index contributed by atoms with van der Waals surface area (Å²) in [5, 5.41) is 3.13. The van der Waals surface area contributed by atoms with E-state index < -0.39 is 45.0 Å². The van der Waals surface area contributed by atoms with Crippen LogP contribution in [0, 0.1) is 0 Å². The molecule has 1 rings (SSSR count). The molecule has 1 aromatic rings. The summed E-state index contributed by atoms with van der Waals surface area (Å²) in [5.41, 5.74) is 3.00. The summed E-state index contributed by atoms with van der Waals surface area (Å²) >= 11 is 0. The molecule has 0 aliphatic carbocycles. The van der Waals surface area contributed by atoms with Gasteiger partial charge in [-0.3, -0.25) is 9.80 Å². The minimum atomic E-state index is -2.86. The summed E-state index contributed by atoms with van der Waals surface area (Å²) in [6.45, 7) is 14.0. The molecule has 15 heteroatoms. The lowest BCUT2D eigenvalue weighted by Gasteiger charge is -2.36. The Morgan fingerprint density at radius 1 is 0.733 bits per heavy atom. The first-order valence-corrected chi connectivity index (χ1v) is 27.0. The molecule has 9 nitrogen and oxygen atoms in total. The summed E-state index contributed by atoms with van der Waals surface area (Å²) in [6, 6.07) is 7.87. The maximum Gasteiger partial charge on any atom is 0.507 e. The van der Waals surface area contributed by atoms with Gasteiger partial charge in [0.15, 0.2) is 0 Å². The van der Waals surface area contributed by atoms with E-state index in [4.69, 9.17) is 31.0 Å². The molecule has 0 aliphatic rings. The first-order chi connectivity index (χ1) is 21.4. The number of benzene rings is 1. The maximum absolute atomic E-state index is 5.97. The van der Waals surface area contributed by atoms with E-state index in [-0.39, 0.29) is 5.54 Å². The van der Waals surface area contributed by atoms with Crippen molar-refractivity contribution in [3.05, 3.63) is 23.3 Å². The predicted octanol–water partition coefficient (Wildman–Crippen LogP) is 3.28. The molecule has 258 valence electrons. The minimum Gasteiger partial charge on any atom is -0.397 e. The molecule has 6 radical (unpaired) electrons. The van der Waals surface area contributed by atoms with Gasteiger partial charge in [0.25, 0.3) is 0 Å². The molecule has 1 atom stereocenters. The van der Waals surface area contributed by atoms with Gasteiger partial charge in [0.05, 0.1) is 32.7 Å². The highest BCUT2D eigenvalue weighted by atomic mass is 28.4. The molecule has 0 heterocycles. The lowest BCUT2D eigenvalue weighted by molar-refractivity contribution is 0.114. The van der Waals surface area contributed by atoms with E-state index >= 15 is 0 Å². The van der Waals surface area contributed by atoms with Crippen LogP contribution in [0.4, 0.5) is 0 Å². The van der Waals surface area contributed by atoms with Crippen LogP contribution in [-0.2, 0) is 37.4 Å². The Kier molecular flexibility index (Phi) is 21.8. The monoisotopic (exact) mass is 730 g/mol. The van der Waals surface area contributed by atoms with Gasteiger partial charge in [0.2, 0.25) is 0 Å². The third-order valence-corrected chi connectivity index (χ3v) is 19.8. The van der Waals surface area contributed by atoms with Gasteiger partial charge in [-0.1, -0.05) is 67.2 Å². The zero-order valence-corrected chi connectivity index (χ0v) is 36.7. The molecule has 0 amide bonds. The second kappa shape index (κ2) is 22.7. The summed E-state index contributed by atoms with van der Waals surface area (Å²) in [4.78, 5) is 5.09. The molecule has 0 spiro atoms.